The van der Waals surface area contributed by atoms with Crippen LogP contribution in [0.25, 0.3) is 0 Å². The lowest BCUT2D eigenvalue weighted by molar-refractivity contribution is 1.32. The topological polar surface area (TPSA) is 24.1 Å². The van der Waals surface area contributed by atoms with Crippen molar-refractivity contribution in [3.63, 3.8) is 0 Å². The van der Waals surface area contributed by atoms with E-state index in [0.29, 0.717) is 0 Å². The van der Waals surface area contributed by atoms with Crippen LogP contribution in [0.4, 0.5) is 11.4 Å². The van der Waals surface area contributed by atoms with Gasteiger partial charge >= 0.3 is 0 Å². The highest BCUT2D eigenvalue weighted by atomic mass is 14.9. The minimum absolute atomic E-state index is 1.19. The highest BCUT2D eigenvalue weighted by Gasteiger charge is 2.03. The summed E-state index contributed by atoms with van der Waals surface area (Å²) in [4.78, 5) is 0. The van der Waals surface area contributed by atoms with Gasteiger partial charge in [0.25, 0.3) is 0 Å². The van der Waals surface area contributed by atoms with E-state index in [0.717, 1.165) is 0 Å². The van der Waals surface area contributed by atoms with Crippen molar-refractivity contribution in [3.8, 4) is 0 Å². The van der Waals surface area contributed by atoms with E-state index < -0.39 is 0 Å². The molecular weight excluding hydrogens is 148 g/mol. The molecule has 0 saturated carbocycles. The second-order valence-electron chi connectivity index (χ2n) is 2.93. The Morgan fingerprint density at radius 2 is 1.67 bits per heavy atom. The monoisotopic (exact) mass is 164 g/mol. The van der Waals surface area contributed by atoms with Crippen LogP contribution in [0, 0.1) is 13.8 Å². The molecule has 12 heavy (non-hydrogen) atoms. The van der Waals surface area contributed by atoms with Gasteiger partial charge in [-0.1, -0.05) is 6.07 Å². The zero-order valence-corrected chi connectivity index (χ0v) is 8.15. The fraction of sp³-hybridized carbons (Fsp3) is 0.400. The molecule has 0 saturated heterocycles. The third-order valence-corrected chi connectivity index (χ3v) is 2.19. The summed E-state index contributed by atoms with van der Waals surface area (Å²) in [5.41, 5.74) is 4.97. The lowest BCUT2D eigenvalue weighted by Gasteiger charge is -2.13. The second-order valence-corrected chi connectivity index (χ2v) is 2.93. The third kappa shape index (κ3) is 1.37. The maximum atomic E-state index is 3.20. The van der Waals surface area contributed by atoms with Crippen molar-refractivity contribution < 1.29 is 0 Å². The van der Waals surface area contributed by atoms with Crippen molar-refractivity contribution in [1.29, 1.82) is 0 Å². The second kappa shape index (κ2) is 3.48. The first-order valence-electron chi connectivity index (χ1n) is 4.16. The molecule has 0 amide bonds. The van der Waals surface area contributed by atoms with Gasteiger partial charge in [-0.2, -0.15) is 0 Å². The average molecular weight is 164 g/mol. The Morgan fingerprint density at radius 1 is 1.00 bits per heavy atom. The van der Waals surface area contributed by atoms with Crippen LogP contribution in [-0.2, 0) is 0 Å². The molecule has 0 atom stereocenters. The summed E-state index contributed by atoms with van der Waals surface area (Å²) in [5.74, 6) is 0. The molecule has 1 rings (SSSR count). The molecule has 0 radical (unpaired) electrons. The van der Waals surface area contributed by atoms with Crippen molar-refractivity contribution in [2.24, 2.45) is 0 Å². The van der Waals surface area contributed by atoms with Crippen molar-refractivity contribution in [2.75, 3.05) is 24.7 Å². The summed E-state index contributed by atoms with van der Waals surface area (Å²) in [7, 11) is 3.89. The zero-order valence-electron chi connectivity index (χ0n) is 8.15. The Bertz CT molecular complexity index is 279. The van der Waals surface area contributed by atoms with Crippen LogP contribution in [0.15, 0.2) is 12.1 Å². The Kier molecular flexibility index (Phi) is 2.58. The molecule has 2 nitrogen and oxygen atoms in total. The molecule has 0 fully saturated rings. The number of hydrogen-bond acceptors (Lipinski definition) is 2. The highest BCUT2D eigenvalue weighted by Crippen LogP contribution is 2.26. The molecule has 0 aliphatic rings. The Morgan fingerprint density at radius 3 is 2.17 bits per heavy atom. The largest absolute Gasteiger partial charge is 0.388 e. The minimum Gasteiger partial charge on any atom is -0.388 e. The number of nitrogens with one attached hydrogen (secondary N) is 2. The van der Waals surface area contributed by atoms with Gasteiger partial charge in [-0.15, -0.1) is 0 Å². The Labute approximate surface area is 74.0 Å². The van der Waals surface area contributed by atoms with Gasteiger partial charge in [-0.3, -0.25) is 0 Å². The molecule has 0 unspecified atom stereocenters. The summed E-state index contributed by atoms with van der Waals surface area (Å²) < 4.78 is 0. The fourth-order valence-electron chi connectivity index (χ4n) is 1.50. The SMILES string of the molecule is CNc1ccc(C)c(NC)c1C. The van der Waals surface area contributed by atoms with E-state index in [1.165, 1.54) is 22.5 Å². The van der Waals surface area contributed by atoms with Crippen LogP contribution < -0.4 is 10.6 Å². The van der Waals surface area contributed by atoms with E-state index in [1.807, 2.05) is 14.1 Å². The van der Waals surface area contributed by atoms with Crippen LogP contribution in [-0.4, -0.2) is 14.1 Å². The smallest absolute Gasteiger partial charge is 0.0417 e. The summed E-state index contributed by atoms with van der Waals surface area (Å²) in [6.07, 6.45) is 0. The van der Waals surface area contributed by atoms with Gasteiger partial charge in [0, 0.05) is 25.5 Å². The number of anilines is 2. The van der Waals surface area contributed by atoms with Crippen LogP contribution >= 0.6 is 0 Å². The molecule has 1 aromatic rings. The van der Waals surface area contributed by atoms with Gasteiger partial charge in [0.1, 0.15) is 0 Å². The van der Waals surface area contributed by atoms with Crippen molar-refractivity contribution in [3.05, 3.63) is 23.3 Å². The number of hydrogen-bond donors (Lipinski definition) is 2. The Hall–Kier alpha value is -1.18. The molecule has 0 aromatic heterocycles. The number of rotatable bonds is 2. The molecule has 0 heterocycles. The zero-order chi connectivity index (χ0) is 9.14. The lowest BCUT2D eigenvalue weighted by Crippen LogP contribution is -1.99. The maximum absolute atomic E-state index is 3.20. The summed E-state index contributed by atoms with van der Waals surface area (Å²) in [6.45, 7) is 4.23. The molecule has 0 bridgehead atoms. The van der Waals surface area contributed by atoms with Gasteiger partial charge in [0.2, 0.25) is 0 Å². The minimum atomic E-state index is 1.19. The molecule has 0 aliphatic carbocycles. The van der Waals surface area contributed by atoms with Gasteiger partial charge in [-0.05, 0) is 31.0 Å². The molecule has 1 aromatic carbocycles. The molecular formula is C10H16N2. The number of benzene rings is 1. The lowest BCUT2D eigenvalue weighted by atomic mass is 10.1. The summed E-state index contributed by atoms with van der Waals surface area (Å²) in [5, 5.41) is 6.36. The quantitative estimate of drug-likeness (QED) is 0.701. The molecule has 66 valence electrons. The maximum Gasteiger partial charge on any atom is 0.0417 e. The van der Waals surface area contributed by atoms with Gasteiger partial charge in [0.05, 0.1) is 0 Å². The first-order valence-corrected chi connectivity index (χ1v) is 4.16. The molecule has 0 spiro atoms. The van der Waals surface area contributed by atoms with Crippen molar-refractivity contribution in [1.82, 2.24) is 0 Å². The predicted molar refractivity (Wildman–Crippen MR) is 55.0 cm³/mol. The normalized spacial score (nSPS) is 9.67. The Balaban J connectivity index is 3.24. The fourth-order valence-corrected chi connectivity index (χ4v) is 1.50. The van der Waals surface area contributed by atoms with E-state index in [-0.39, 0.29) is 0 Å². The first kappa shape index (κ1) is 8.91. The van der Waals surface area contributed by atoms with Gasteiger partial charge in [-0.25, -0.2) is 0 Å². The van der Waals surface area contributed by atoms with E-state index >= 15 is 0 Å². The van der Waals surface area contributed by atoms with Crippen molar-refractivity contribution in [2.45, 2.75) is 13.8 Å². The summed E-state index contributed by atoms with van der Waals surface area (Å²) >= 11 is 0. The molecule has 0 aliphatic heterocycles. The molecule has 2 N–H and O–H groups in total. The average Bonchev–Trinajstić information content (AvgIpc) is 2.06. The number of aryl methyl sites for hydroxylation is 1. The van der Waals surface area contributed by atoms with Gasteiger partial charge in [0.15, 0.2) is 0 Å². The van der Waals surface area contributed by atoms with Crippen molar-refractivity contribution >= 4 is 11.4 Å². The highest BCUT2D eigenvalue weighted by molar-refractivity contribution is 5.68. The van der Waals surface area contributed by atoms with Crippen LogP contribution in [0.1, 0.15) is 11.1 Å². The predicted octanol–water partition coefficient (Wildman–Crippen LogP) is 2.39. The van der Waals surface area contributed by atoms with E-state index in [9.17, 15) is 0 Å². The van der Waals surface area contributed by atoms with E-state index in [2.05, 4.69) is 36.6 Å². The van der Waals surface area contributed by atoms with Gasteiger partial charge < -0.3 is 10.6 Å². The van der Waals surface area contributed by atoms with E-state index in [1.54, 1.807) is 0 Å². The first-order chi connectivity index (χ1) is 5.70. The van der Waals surface area contributed by atoms with E-state index in [4.69, 9.17) is 0 Å². The van der Waals surface area contributed by atoms with Crippen LogP contribution in [0.5, 0.6) is 0 Å². The van der Waals surface area contributed by atoms with Crippen LogP contribution in [0.3, 0.4) is 0 Å². The summed E-state index contributed by atoms with van der Waals surface area (Å²) in [6, 6.07) is 4.22. The van der Waals surface area contributed by atoms with Crippen LogP contribution in [0.2, 0.25) is 0 Å². The standard InChI is InChI=1S/C10H16N2/c1-7-5-6-9(11-3)8(2)10(7)12-4/h5-6,11-12H,1-4H3. The molecule has 2 heteroatoms. The third-order valence-electron chi connectivity index (χ3n) is 2.19.